The Morgan fingerprint density at radius 1 is 1.27 bits per heavy atom. The van der Waals surface area contributed by atoms with E-state index in [2.05, 4.69) is 10.5 Å². The molecule has 116 valence electrons. The van der Waals surface area contributed by atoms with Crippen molar-refractivity contribution < 1.29 is 14.4 Å². The molecule has 0 atom stereocenters. The third-order valence-corrected chi connectivity index (χ3v) is 4.12. The van der Waals surface area contributed by atoms with Crippen LogP contribution in [0.15, 0.2) is 34.9 Å². The fourth-order valence-corrected chi connectivity index (χ4v) is 2.83. The Kier molecular flexibility index (Phi) is 4.45. The molecule has 6 heteroatoms. The number of aliphatic hydroxyl groups is 1. The molecule has 5 nitrogen and oxygen atoms in total. The third-order valence-electron chi connectivity index (χ3n) is 3.89. The van der Waals surface area contributed by atoms with Gasteiger partial charge in [0.25, 0.3) is 5.91 Å². The molecule has 2 aromatic rings. The van der Waals surface area contributed by atoms with Crippen LogP contribution in [-0.2, 0) is 0 Å². The summed E-state index contributed by atoms with van der Waals surface area (Å²) in [5.41, 5.74) is 1.38. The molecule has 2 N–H and O–H groups in total. The van der Waals surface area contributed by atoms with E-state index in [-0.39, 0.29) is 23.8 Å². The first-order valence-corrected chi connectivity index (χ1v) is 7.71. The molecule has 1 aliphatic carbocycles. The van der Waals surface area contributed by atoms with E-state index >= 15 is 0 Å². The topological polar surface area (TPSA) is 75.4 Å². The van der Waals surface area contributed by atoms with E-state index in [1.165, 1.54) is 0 Å². The van der Waals surface area contributed by atoms with Gasteiger partial charge in [-0.2, -0.15) is 0 Å². The minimum absolute atomic E-state index is 0.0793. The van der Waals surface area contributed by atoms with Crippen molar-refractivity contribution in [2.45, 2.75) is 37.8 Å². The summed E-state index contributed by atoms with van der Waals surface area (Å²) in [6, 6.07) is 8.90. The van der Waals surface area contributed by atoms with Crippen molar-refractivity contribution >= 4 is 17.5 Å². The second-order valence-corrected chi connectivity index (χ2v) is 6.00. The highest BCUT2D eigenvalue weighted by molar-refractivity contribution is 6.30. The number of carbonyl (C=O) groups excluding carboxylic acids is 1. The smallest absolute Gasteiger partial charge is 0.290 e. The molecule has 1 aliphatic rings. The number of nitrogens with zero attached hydrogens (tertiary/aromatic N) is 1. The maximum absolute atomic E-state index is 12.2. The average molecular weight is 321 g/mol. The second kappa shape index (κ2) is 6.50. The summed E-state index contributed by atoms with van der Waals surface area (Å²) in [6.07, 6.45) is 2.75. The summed E-state index contributed by atoms with van der Waals surface area (Å²) < 4.78 is 5.13. The lowest BCUT2D eigenvalue weighted by molar-refractivity contribution is 0.0835. The molecule has 0 bridgehead atoms. The normalized spacial score (nSPS) is 21.5. The fourth-order valence-electron chi connectivity index (χ4n) is 2.64. The van der Waals surface area contributed by atoms with Gasteiger partial charge < -0.3 is 14.9 Å². The zero-order chi connectivity index (χ0) is 15.5. The van der Waals surface area contributed by atoms with Crippen molar-refractivity contribution in [2.75, 3.05) is 0 Å². The van der Waals surface area contributed by atoms with Gasteiger partial charge in [0, 0.05) is 22.7 Å². The van der Waals surface area contributed by atoms with E-state index in [0.717, 1.165) is 31.2 Å². The number of halogens is 1. The van der Waals surface area contributed by atoms with E-state index in [9.17, 15) is 9.90 Å². The minimum atomic E-state index is -0.276. The monoisotopic (exact) mass is 320 g/mol. The van der Waals surface area contributed by atoms with Crippen LogP contribution in [0.2, 0.25) is 5.02 Å². The molecule has 0 spiro atoms. The standard InChI is InChI=1S/C16H17ClN2O3/c17-11-3-1-2-10(8-11)14-9-15(22-19-14)16(21)18-12-4-6-13(20)7-5-12/h1-3,8-9,12-13,20H,4-7H2,(H,18,21). The molecule has 0 unspecified atom stereocenters. The van der Waals surface area contributed by atoms with Gasteiger partial charge in [-0.3, -0.25) is 4.79 Å². The first kappa shape index (κ1) is 15.1. The lowest BCUT2D eigenvalue weighted by Crippen LogP contribution is -2.38. The number of aliphatic hydroxyl groups excluding tert-OH is 1. The van der Waals surface area contributed by atoms with Gasteiger partial charge in [0.15, 0.2) is 0 Å². The van der Waals surface area contributed by atoms with Gasteiger partial charge in [-0.25, -0.2) is 0 Å². The Hall–Kier alpha value is -1.85. The zero-order valence-electron chi connectivity index (χ0n) is 12.0. The molecule has 1 saturated carbocycles. The van der Waals surface area contributed by atoms with E-state index in [0.29, 0.717) is 10.7 Å². The molecular weight excluding hydrogens is 304 g/mol. The lowest BCUT2D eigenvalue weighted by atomic mass is 9.93. The van der Waals surface area contributed by atoms with Crippen molar-refractivity contribution in [3.63, 3.8) is 0 Å². The number of nitrogens with one attached hydrogen (secondary N) is 1. The van der Waals surface area contributed by atoms with Crippen LogP contribution in [0.1, 0.15) is 36.2 Å². The van der Waals surface area contributed by atoms with E-state index in [1.54, 1.807) is 18.2 Å². The van der Waals surface area contributed by atoms with Crippen molar-refractivity contribution in [1.82, 2.24) is 10.5 Å². The van der Waals surface area contributed by atoms with Gasteiger partial charge >= 0.3 is 0 Å². The summed E-state index contributed by atoms with van der Waals surface area (Å²) in [4.78, 5) is 12.2. The molecule has 0 aliphatic heterocycles. The maximum atomic E-state index is 12.2. The van der Waals surface area contributed by atoms with E-state index in [1.807, 2.05) is 12.1 Å². The molecule has 3 rings (SSSR count). The second-order valence-electron chi connectivity index (χ2n) is 5.57. The van der Waals surface area contributed by atoms with Gasteiger partial charge in [0.1, 0.15) is 5.69 Å². The van der Waals surface area contributed by atoms with Gasteiger partial charge in [-0.05, 0) is 37.8 Å². The Balaban J connectivity index is 1.67. The molecule has 1 aromatic carbocycles. The number of amides is 1. The summed E-state index contributed by atoms with van der Waals surface area (Å²) in [6.45, 7) is 0. The van der Waals surface area contributed by atoms with Gasteiger partial charge in [-0.15, -0.1) is 0 Å². The average Bonchev–Trinajstić information content (AvgIpc) is 3.00. The minimum Gasteiger partial charge on any atom is -0.393 e. The predicted molar refractivity (Wildman–Crippen MR) is 82.7 cm³/mol. The summed E-state index contributed by atoms with van der Waals surface area (Å²) >= 11 is 5.95. The zero-order valence-corrected chi connectivity index (χ0v) is 12.7. The molecule has 1 amide bonds. The maximum Gasteiger partial charge on any atom is 0.290 e. The van der Waals surface area contributed by atoms with Crippen LogP contribution in [0, 0.1) is 0 Å². The Labute approximate surface area is 133 Å². The first-order valence-electron chi connectivity index (χ1n) is 7.33. The van der Waals surface area contributed by atoms with Crippen LogP contribution in [0.3, 0.4) is 0 Å². The summed E-state index contributed by atoms with van der Waals surface area (Å²) in [5.74, 6) is -0.0942. The van der Waals surface area contributed by atoms with Crippen molar-refractivity contribution in [3.8, 4) is 11.3 Å². The highest BCUT2D eigenvalue weighted by Crippen LogP contribution is 2.23. The van der Waals surface area contributed by atoms with Crippen LogP contribution in [0.5, 0.6) is 0 Å². The molecule has 22 heavy (non-hydrogen) atoms. The highest BCUT2D eigenvalue weighted by Gasteiger charge is 2.23. The SMILES string of the molecule is O=C(NC1CCC(O)CC1)c1cc(-c2cccc(Cl)c2)no1. The Morgan fingerprint density at radius 3 is 2.77 bits per heavy atom. The van der Waals surface area contributed by atoms with Crippen LogP contribution < -0.4 is 5.32 Å². The van der Waals surface area contributed by atoms with Crippen LogP contribution in [0.25, 0.3) is 11.3 Å². The predicted octanol–water partition coefficient (Wildman–Crippen LogP) is 3.03. The Bertz CT molecular complexity index is 663. The number of rotatable bonds is 3. The molecule has 0 saturated heterocycles. The van der Waals surface area contributed by atoms with Crippen LogP contribution in [-0.4, -0.2) is 28.3 Å². The summed E-state index contributed by atoms with van der Waals surface area (Å²) in [7, 11) is 0. The number of benzene rings is 1. The van der Waals surface area contributed by atoms with Crippen molar-refractivity contribution in [3.05, 3.63) is 41.1 Å². The van der Waals surface area contributed by atoms with Gasteiger partial charge in [0.2, 0.25) is 5.76 Å². The number of hydrogen-bond acceptors (Lipinski definition) is 4. The molecule has 1 aromatic heterocycles. The van der Waals surface area contributed by atoms with Crippen LogP contribution in [0.4, 0.5) is 0 Å². The number of carbonyl (C=O) groups is 1. The first-order chi connectivity index (χ1) is 10.6. The number of hydrogen-bond donors (Lipinski definition) is 2. The van der Waals surface area contributed by atoms with Crippen molar-refractivity contribution in [1.29, 1.82) is 0 Å². The highest BCUT2D eigenvalue weighted by atomic mass is 35.5. The molecule has 0 radical (unpaired) electrons. The molecule has 1 heterocycles. The largest absolute Gasteiger partial charge is 0.393 e. The molecule has 1 fully saturated rings. The third kappa shape index (κ3) is 3.48. The molecular formula is C16H17ClN2O3. The quantitative estimate of drug-likeness (QED) is 0.911. The van der Waals surface area contributed by atoms with E-state index < -0.39 is 0 Å². The number of aromatic nitrogens is 1. The van der Waals surface area contributed by atoms with Gasteiger partial charge in [-0.1, -0.05) is 28.9 Å². The van der Waals surface area contributed by atoms with Gasteiger partial charge in [0.05, 0.1) is 6.10 Å². The summed E-state index contributed by atoms with van der Waals surface area (Å²) in [5, 5.41) is 16.9. The lowest BCUT2D eigenvalue weighted by Gasteiger charge is -2.25. The Morgan fingerprint density at radius 2 is 2.05 bits per heavy atom. The van der Waals surface area contributed by atoms with E-state index in [4.69, 9.17) is 16.1 Å². The van der Waals surface area contributed by atoms with Crippen molar-refractivity contribution in [2.24, 2.45) is 0 Å². The van der Waals surface area contributed by atoms with Crippen LogP contribution >= 0.6 is 11.6 Å². The fraction of sp³-hybridized carbons (Fsp3) is 0.375.